The van der Waals surface area contributed by atoms with Crippen LogP contribution in [0.25, 0.3) is 0 Å². The Kier molecular flexibility index (Phi) is 4.61. The molecule has 2 fully saturated rings. The highest BCUT2D eigenvalue weighted by molar-refractivity contribution is 7.99. The van der Waals surface area contributed by atoms with E-state index in [-0.39, 0.29) is 23.1 Å². The molecule has 0 spiro atoms. The molecular formula is C19H15FN2O3S2. The molecule has 0 unspecified atom stereocenters. The predicted octanol–water partition coefficient (Wildman–Crippen LogP) is 3.36. The van der Waals surface area contributed by atoms with E-state index in [9.17, 15) is 14.0 Å². The molecule has 2 aliphatic rings. The normalized spacial score (nSPS) is 21.6. The van der Waals surface area contributed by atoms with Gasteiger partial charge in [-0.3, -0.25) is 9.69 Å². The molecule has 0 aromatic heterocycles. The van der Waals surface area contributed by atoms with Gasteiger partial charge < -0.3 is 9.64 Å². The summed E-state index contributed by atoms with van der Waals surface area (Å²) < 4.78 is 17.9. The first-order valence-corrected chi connectivity index (χ1v) is 9.68. The number of amides is 1. The smallest absolute Gasteiger partial charge is 0.337 e. The van der Waals surface area contributed by atoms with Crippen molar-refractivity contribution >= 4 is 46.7 Å². The largest absolute Gasteiger partial charge is 0.465 e. The number of anilines is 1. The Balaban J connectivity index is 1.62. The Morgan fingerprint density at radius 2 is 1.85 bits per heavy atom. The minimum atomic E-state index is -0.396. The minimum Gasteiger partial charge on any atom is -0.465 e. The van der Waals surface area contributed by atoms with Crippen molar-refractivity contribution in [1.82, 2.24) is 4.90 Å². The van der Waals surface area contributed by atoms with Crippen LogP contribution < -0.4 is 4.90 Å². The zero-order chi connectivity index (χ0) is 19.1. The molecule has 2 aliphatic heterocycles. The van der Waals surface area contributed by atoms with Crippen molar-refractivity contribution in [2.45, 2.75) is 11.4 Å². The number of benzene rings is 2. The highest BCUT2D eigenvalue weighted by Gasteiger charge is 2.50. The van der Waals surface area contributed by atoms with Crippen LogP contribution in [0.3, 0.4) is 0 Å². The molecule has 5 nitrogen and oxygen atoms in total. The van der Waals surface area contributed by atoms with Gasteiger partial charge in [0.2, 0.25) is 0 Å². The Morgan fingerprint density at radius 1 is 1.19 bits per heavy atom. The van der Waals surface area contributed by atoms with E-state index in [2.05, 4.69) is 0 Å². The highest BCUT2D eigenvalue weighted by Crippen LogP contribution is 2.46. The van der Waals surface area contributed by atoms with Gasteiger partial charge in [-0.15, -0.1) is 11.8 Å². The maximum atomic E-state index is 13.2. The number of carbonyl (C=O) groups is 2. The SMILES string of the molecule is COC(=O)c1ccc([C@H]2SC[C@H]3C(=O)N(c4ccc(F)cc4)C(=S)N23)cc1. The third-order valence-electron chi connectivity index (χ3n) is 4.62. The molecule has 0 saturated carbocycles. The van der Waals surface area contributed by atoms with Crippen molar-refractivity contribution in [1.29, 1.82) is 0 Å². The number of nitrogens with zero attached hydrogens (tertiary/aromatic N) is 2. The van der Waals surface area contributed by atoms with Crippen LogP contribution in [0.4, 0.5) is 10.1 Å². The Labute approximate surface area is 165 Å². The maximum absolute atomic E-state index is 13.2. The number of methoxy groups -OCH3 is 1. The fourth-order valence-corrected chi connectivity index (χ4v) is 5.19. The first-order valence-electron chi connectivity index (χ1n) is 8.23. The Morgan fingerprint density at radius 3 is 2.48 bits per heavy atom. The number of thioether (sulfide) groups is 1. The number of carbonyl (C=O) groups excluding carboxylic acids is 2. The van der Waals surface area contributed by atoms with Crippen LogP contribution in [0.2, 0.25) is 0 Å². The average molecular weight is 402 g/mol. The summed E-state index contributed by atoms with van der Waals surface area (Å²) in [7, 11) is 1.34. The van der Waals surface area contributed by atoms with Gasteiger partial charge >= 0.3 is 5.97 Å². The molecule has 2 saturated heterocycles. The molecule has 2 aromatic carbocycles. The van der Waals surface area contributed by atoms with Crippen molar-refractivity contribution in [3.8, 4) is 0 Å². The van der Waals surface area contributed by atoms with Gasteiger partial charge in [-0.05, 0) is 54.2 Å². The molecule has 1 amide bonds. The lowest BCUT2D eigenvalue weighted by Gasteiger charge is -2.25. The van der Waals surface area contributed by atoms with Crippen molar-refractivity contribution in [2.75, 3.05) is 17.8 Å². The van der Waals surface area contributed by atoms with Crippen molar-refractivity contribution in [3.05, 3.63) is 65.5 Å². The van der Waals surface area contributed by atoms with Gasteiger partial charge in [0.15, 0.2) is 5.11 Å². The first kappa shape index (κ1) is 17.9. The Bertz CT molecular complexity index is 918. The molecule has 2 aromatic rings. The third kappa shape index (κ3) is 2.98. The number of fused-ring (bicyclic) bond motifs is 1. The fourth-order valence-electron chi connectivity index (χ4n) is 3.28. The molecule has 2 atom stereocenters. The third-order valence-corrected chi connectivity index (χ3v) is 6.34. The van der Waals surface area contributed by atoms with E-state index in [1.807, 2.05) is 17.0 Å². The molecule has 2 heterocycles. The molecule has 0 N–H and O–H groups in total. The monoisotopic (exact) mass is 402 g/mol. The quantitative estimate of drug-likeness (QED) is 0.580. The lowest BCUT2D eigenvalue weighted by atomic mass is 10.1. The second-order valence-corrected chi connectivity index (χ2v) is 7.63. The van der Waals surface area contributed by atoms with Gasteiger partial charge in [0.1, 0.15) is 17.2 Å². The number of thiocarbonyl (C=S) groups is 1. The van der Waals surface area contributed by atoms with E-state index in [0.717, 1.165) is 5.56 Å². The van der Waals surface area contributed by atoms with Crippen molar-refractivity contribution in [3.63, 3.8) is 0 Å². The summed E-state index contributed by atoms with van der Waals surface area (Å²) in [6.45, 7) is 0. The predicted molar refractivity (Wildman–Crippen MR) is 105 cm³/mol. The lowest BCUT2D eigenvalue weighted by molar-refractivity contribution is -0.119. The lowest BCUT2D eigenvalue weighted by Crippen LogP contribution is -2.33. The van der Waals surface area contributed by atoms with Crippen LogP contribution in [-0.2, 0) is 9.53 Å². The van der Waals surface area contributed by atoms with Gasteiger partial charge in [0, 0.05) is 5.75 Å². The van der Waals surface area contributed by atoms with Crippen LogP contribution in [-0.4, -0.2) is 40.8 Å². The molecule has 0 radical (unpaired) electrons. The van der Waals surface area contributed by atoms with Gasteiger partial charge in [-0.25, -0.2) is 9.18 Å². The number of ether oxygens (including phenoxy) is 1. The van der Waals surface area contributed by atoms with Crippen molar-refractivity contribution in [2.24, 2.45) is 0 Å². The van der Waals surface area contributed by atoms with Crippen LogP contribution in [0.5, 0.6) is 0 Å². The van der Waals surface area contributed by atoms with E-state index in [1.165, 1.54) is 24.1 Å². The Hall–Kier alpha value is -2.45. The minimum absolute atomic E-state index is 0.104. The van der Waals surface area contributed by atoms with E-state index < -0.39 is 5.97 Å². The second-order valence-electron chi connectivity index (χ2n) is 6.15. The van der Waals surface area contributed by atoms with E-state index in [0.29, 0.717) is 22.1 Å². The summed E-state index contributed by atoms with van der Waals surface area (Å²) in [6.07, 6.45) is 0. The van der Waals surface area contributed by atoms with E-state index >= 15 is 0 Å². The number of rotatable bonds is 3. The van der Waals surface area contributed by atoms with Crippen LogP contribution in [0.1, 0.15) is 21.3 Å². The average Bonchev–Trinajstić information content (AvgIpc) is 3.23. The maximum Gasteiger partial charge on any atom is 0.337 e. The summed E-state index contributed by atoms with van der Waals surface area (Å²) in [4.78, 5) is 27.9. The highest BCUT2D eigenvalue weighted by atomic mass is 32.2. The topological polar surface area (TPSA) is 49.9 Å². The van der Waals surface area contributed by atoms with Gasteiger partial charge in [-0.1, -0.05) is 12.1 Å². The number of hydrogen-bond acceptors (Lipinski definition) is 5. The molecule has 4 rings (SSSR count). The number of halogens is 1. The van der Waals surface area contributed by atoms with Gasteiger partial charge in [0.05, 0.1) is 18.4 Å². The van der Waals surface area contributed by atoms with Crippen molar-refractivity contribution < 1.29 is 18.7 Å². The summed E-state index contributed by atoms with van der Waals surface area (Å²) in [5.74, 6) is -0.253. The molecule has 27 heavy (non-hydrogen) atoms. The van der Waals surface area contributed by atoms with Crippen LogP contribution in [0, 0.1) is 5.82 Å². The summed E-state index contributed by atoms with van der Waals surface area (Å²) in [5.41, 5.74) is 1.98. The van der Waals surface area contributed by atoms with Crippen LogP contribution >= 0.6 is 24.0 Å². The van der Waals surface area contributed by atoms with Gasteiger partial charge in [-0.2, -0.15) is 0 Å². The zero-order valence-corrected chi connectivity index (χ0v) is 15.9. The number of esters is 1. The summed E-state index contributed by atoms with van der Waals surface area (Å²) in [6, 6.07) is 12.5. The zero-order valence-electron chi connectivity index (χ0n) is 14.3. The molecule has 8 heteroatoms. The molecule has 0 bridgehead atoms. The second kappa shape index (κ2) is 6.94. The fraction of sp³-hybridized carbons (Fsp3) is 0.211. The summed E-state index contributed by atoms with van der Waals surface area (Å²) in [5, 5.41) is 0.284. The molecule has 0 aliphatic carbocycles. The first-order chi connectivity index (χ1) is 13.0. The molecular weight excluding hydrogens is 387 g/mol. The molecule has 138 valence electrons. The van der Waals surface area contributed by atoms with Crippen LogP contribution in [0.15, 0.2) is 48.5 Å². The van der Waals surface area contributed by atoms with E-state index in [1.54, 1.807) is 36.0 Å². The summed E-state index contributed by atoms with van der Waals surface area (Å²) >= 11 is 7.21. The van der Waals surface area contributed by atoms with Gasteiger partial charge in [0.25, 0.3) is 5.91 Å². The standard InChI is InChI=1S/C19H15FN2O3S2/c1-25-18(24)12-4-2-11(3-5-12)17-22-15(10-27-17)16(23)21(19(22)26)14-8-6-13(20)7-9-14/h2-9,15,17H,10H2,1H3/t15-,17+/m0/s1. The van der Waals surface area contributed by atoms with E-state index in [4.69, 9.17) is 17.0 Å². The number of hydrogen-bond donors (Lipinski definition) is 0.